The van der Waals surface area contributed by atoms with Gasteiger partial charge in [-0.25, -0.2) is 0 Å². The van der Waals surface area contributed by atoms with Crippen LogP contribution in [0.15, 0.2) is 65.8 Å². The Morgan fingerprint density at radius 2 is 1.62 bits per heavy atom. The van der Waals surface area contributed by atoms with E-state index in [0.29, 0.717) is 5.75 Å². The lowest BCUT2D eigenvalue weighted by molar-refractivity contribution is 0.102. The molecule has 0 radical (unpaired) electrons. The Labute approximate surface area is 176 Å². The number of ketones is 1. The van der Waals surface area contributed by atoms with Crippen molar-refractivity contribution in [1.29, 1.82) is 0 Å². The second kappa shape index (κ2) is 9.37. The van der Waals surface area contributed by atoms with Crippen LogP contribution < -0.4 is 0 Å². The SMILES string of the molecule is CC(c1nnc(SCC(=O)c2ccccc2)n1-c1ccccc1)N1CCCCC1. The minimum Gasteiger partial charge on any atom is -0.294 e. The van der Waals surface area contributed by atoms with Crippen LogP contribution in [-0.4, -0.2) is 44.3 Å². The highest BCUT2D eigenvalue weighted by Gasteiger charge is 2.25. The summed E-state index contributed by atoms with van der Waals surface area (Å²) in [6, 6.07) is 19.8. The maximum absolute atomic E-state index is 12.6. The van der Waals surface area contributed by atoms with Gasteiger partial charge in [0, 0.05) is 11.3 Å². The summed E-state index contributed by atoms with van der Waals surface area (Å²) < 4.78 is 2.11. The monoisotopic (exact) mass is 406 g/mol. The highest BCUT2D eigenvalue weighted by molar-refractivity contribution is 7.99. The number of carbonyl (C=O) groups excluding carboxylic acids is 1. The number of benzene rings is 2. The number of para-hydroxylation sites is 1. The second-order valence-electron chi connectivity index (χ2n) is 7.36. The fraction of sp³-hybridized carbons (Fsp3) is 0.348. The number of carbonyl (C=O) groups is 1. The maximum Gasteiger partial charge on any atom is 0.196 e. The smallest absolute Gasteiger partial charge is 0.196 e. The molecule has 0 bridgehead atoms. The number of rotatable bonds is 7. The first kappa shape index (κ1) is 19.9. The Morgan fingerprint density at radius 1 is 0.966 bits per heavy atom. The second-order valence-corrected chi connectivity index (χ2v) is 8.30. The predicted octanol–water partition coefficient (Wildman–Crippen LogP) is 4.79. The fourth-order valence-corrected chi connectivity index (χ4v) is 4.62. The molecule has 0 amide bonds. The number of likely N-dealkylation sites (tertiary alicyclic amines) is 1. The van der Waals surface area contributed by atoms with Crippen molar-refractivity contribution in [1.82, 2.24) is 19.7 Å². The minimum absolute atomic E-state index is 0.101. The quantitative estimate of drug-likeness (QED) is 0.417. The molecule has 0 saturated carbocycles. The molecule has 1 aliphatic heterocycles. The first-order chi connectivity index (χ1) is 14.2. The van der Waals surface area contributed by atoms with Gasteiger partial charge < -0.3 is 0 Å². The Balaban J connectivity index is 1.60. The highest BCUT2D eigenvalue weighted by Crippen LogP contribution is 2.29. The molecule has 150 valence electrons. The zero-order valence-corrected chi connectivity index (χ0v) is 17.5. The molecule has 2 aromatic carbocycles. The summed E-state index contributed by atoms with van der Waals surface area (Å²) in [6.07, 6.45) is 3.77. The molecule has 1 aliphatic rings. The first-order valence-corrected chi connectivity index (χ1v) is 11.2. The van der Waals surface area contributed by atoms with Crippen LogP contribution in [-0.2, 0) is 0 Å². The number of thioether (sulfide) groups is 1. The van der Waals surface area contributed by atoms with E-state index in [1.165, 1.54) is 31.0 Å². The number of nitrogens with zero attached hydrogens (tertiary/aromatic N) is 4. The molecule has 1 fully saturated rings. The van der Waals surface area contributed by atoms with Gasteiger partial charge in [0.15, 0.2) is 16.8 Å². The van der Waals surface area contributed by atoms with Crippen molar-refractivity contribution in [2.24, 2.45) is 0 Å². The Hall–Kier alpha value is -2.44. The van der Waals surface area contributed by atoms with Crippen LogP contribution in [0.25, 0.3) is 5.69 Å². The lowest BCUT2D eigenvalue weighted by Gasteiger charge is -2.31. The van der Waals surface area contributed by atoms with E-state index in [-0.39, 0.29) is 11.8 Å². The average molecular weight is 407 g/mol. The molecule has 0 spiro atoms. The molecule has 5 nitrogen and oxygen atoms in total. The Bertz CT molecular complexity index is 936. The number of hydrogen-bond donors (Lipinski definition) is 0. The lowest BCUT2D eigenvalue weighted by atomic mass is 10.1. The molecule has 0 aliphatic carbocycles. The van der Waals surface area contributed by atoms with Crippen molar-refractivity contribution in [3.05, 3.63) is 72.1 Å². The summed E-state index contributed by atoms with van der Waals surface area (Å²) in [5.74, 6) is 1.38. The van der Waals surface area contributed by atoms with Crippen molar-refractivity contribution in [3.8, 4) is 5.69 Å². The van der Waals surface area contributed by atoms with E-state index >= 15 is 0 Å². The van der Waals surface area contributed by atoms with Crippen molar-refractivity contribution >= 4 is 17.5 Å². The first-order valence-electron chi connectivity index (χ1n) is 10.2. The van der Waals surface area contributed by atoms with Crippen molar-refractivity contribution in [2.75, 3.05) is 18.8 Å². The lowest BCUT2D eigenvalue weighted by Crippen LogP contribution is -2.33. The molecule has 2 heterocycles. The van der Waals surface area contributed by atoms with E-state index in [1.807, 2.05) is 48.5 Å². The zero-order chi connectivity index (χ0) is 20.1. The standard InChI is InChI=1S/C23H26N4OS/c1-18(26-15-9-4-10-16-26)22-24-25-23(27(22)20-13-7-3-8-14-20)29-17-21(28)19-11-5-2-6-12-19/h2-3,5-8,11-14,18H,4,9-10,15-17H2,1H3. The number of hydrogen-bond acceptors (Lipinski definition) is 5. The summed E-state index contributed by atoms with van der Waals surface area (Å²) in [5.41, 5.74) is 1.76. The Kier molecular flexibility index (Phi) is 6.42. The van der Waals surface area contributed by atoms with E-state index in [2.05, 4.69) is 38.7 Å². The molecular formula is C23H26N4OS. The van der Waals surface area contributed by atoms with Gasteiger partial charge in [-0.1, -0.05) is 66.7 Å². The summed E-state index contributed by atoms with van der Waals surface area (Å²) in [7, 11) is 0. The summed E-state index contributed by atoms with van der Waals surface area (Å²) >= 11 is 1.45. The van der Waals surface area contributed by atoms with Crippen LogP contribution in [0.1, 0.15) is 48.4 Å². The molecule has 1 saturated heterocycles. The molecule has 29 heavy (non-hydrogen) atoms. The van der Waals surface area contributed by atoms with Gasteiger partial charge in [0.1, 0.15) is 0 Å². The van der Waals surface area contributed by atoms with Crippen LogP contribution in [0.3, 0.4) is 0 Å². The van der Waals surface area contributed by atoms with Crippen LogP contribution >= 0.6 is 11.8 Å². The van der Waals surface area contributed by atoms with Crippen molar-refractivity contribution in [3.63, 3.8) is 0 Å². The number of Topliss-reactive ketones (excluding diaryl/α,β-unsaturated/α-hetero) is 1. The molecule has 3 aromatic rings. The van der Waals surface area contributed by atoms with Crippen LogP contribution in [0.4, 0.5) is 0 Å². The van der Waals surface area contributed by atoms with Gasteiger partial charge in [0.25, 0.3) is 0 Å². The van der Waals surface area contributed by atoms with E-state index in [0.717, 1.165) is 35.3 Å². The fourth-order valence-electron chi connectivity index (χ4n) is 3.77. The minimum atomic E-state index is 0.101. The molecule has 0 N–H and O–H groups in total. The van der Waals surface area contributed by atoms with E-state index < -0.39 is 0 Å². The normalized spacial score (nSPS) is 15.9. The molecular weight excluding hydrogens is 380 g/mol. The van der Waals surface area contributed by atoms with Crippen LogP contribution in [0, 0.1) is 0 Å². The molecule has 1 unspecified atom stereocenters. The number of aromatic nitrogens is 3. The largest absolute Gasteiger partial charge is 0.294 e. The third kappa shape index (κ3) is 4.60. The maximum atomic E-state index is 12.6. The summed E-state index contributed by atoms with van der Waals surface area (Å²) in [4.78, 5) is 15.0. The van der Waals surface area contributed by atoms with Crippen LogP contribution in [0.5, 0.6) is 0 Å². The Morgan fingerprint density at radius 3 is 2.31 bits per heavy atom. The highest BCUT2D eigenvalue weighted by atomic mass is 32.2. The average Bonchev–Trinajstić information content (AvgIpc) is 3.22. The molecule has 1 atom stereocenters. The summed E-state index contributed by atoms with van der Waals surface area (Å²) in [6.45, 7) is 4.40. The third-order valence-corrected chi connectivity index (χ3v) is 6.34. The van der Waals surface area contributed by atoms with Crippen molar-refractivity contribution < 1.29 is 4.79 Å². The van der Waals surface area contributed by atoms with Gasteiger partial charge in [-0.2, -0.15) is 0 Å². The van der Waals surface area contributed by atoms with Gasteiger partial charge in [-0.3, -0.25) is 14.3 Å². The third-order valence-electron chi connectivity index (χ3n) is 5.41. The molecule has 4 rings (SSSR count). The topological polar surface area (TPSA) is 51.0 Å². The van der Waals surface area contributed by atoms with Gasteiger partial charge in [0.2, 0.25) is 0 Å². The molecule has 6 heteroatoms. The van der Waals surface area contributed by atoms with Gasteiger partial charge in [-0.15, -0.1) is 10.2 Å². The van der Waals surface area contributed by atoms with E-state index in [4.69, 9.17) is 0 Å². The summed E-state index contributed by atoms with van der Waals surface area (Å²) in [5, 5.41) is 9.79. The van der Waals surface area contributed by atoms with Crippen LogP contribution in [0.2, 0.25) is 0 Å². The van der Waals surface area contributed by atoms with Gasteiger partial charge in [0.05, 0.1) is 11.8 Å². The van der Waals surface area contributed by atoms with E-state index in [9.17, 15) is 4.79 Å². The molecule has 1 aromatic heterocycles. The number of piperidine rings is 1. The van der Waals surface area contributed by atoms with Gasteiger partial charge >= 0.3 is 0 Å². The van der Waals surface area contributed by atoms with Crippen molar-refractivity contribution in [2.45, 2.75) is 37.4 Å². The zero-order valence-electron chi connectivity index (χ0n) is 16.7. The predicted molar refractivity (Wildman–Crippen MR) is 117 cm³/mol. The van der Waals surface area contributed by atoms with E-state index in [1.54, 1.807) is 0 Å². The van der Waals surface area contributed by atoms with Gasteiger partial charge in [-0.05, 0) is 45.0 Å².